The van der Waals surface area contributed by atoms with Gasteiger partial charge in [0.15, 0.2) is 80.6 Å². The topological polar surface area (TPSA) is 354 Å². The minimum absolute atomic E-state index is 0.117. The van der Waals surface area contributed by atoms with Gasteiger partial charge in [-0.25, -0.2) is 0 Å². The molecule has 644 valence electrons. The highest BCUT2D eigenvalue weighted by Crippen LogP contribution is 2.43. The maximum atomic E-state index is 12.6. The first-order valence-corrected chi connectivity index (χ1v) is 39.2. The lowest BCUT2D eigenvalue weighted by atomic mass is 9.87. The third-order valence-electron chi connectivity index (χ3n) is 19.9. The number of piperidine rings is 2. The molecule has 4 atom stereocenters. The molecule has 2 aliphatic rings. The number of pyridine rings is 5. The third-order valence-corrected chi connectivity index (χ3v) is 19.9. The zero-order valence-electron chi connectivity index (χ0n) is 71.3. The molecule has 30 heteroatoms. The smallest absolute Gasteiger partial charge is 0.493 e. The summed E-state index contributed by atoms with van der Waals surface area (Å²) in [5, 5.41) is 67.5. The Labute approximate surface area is 713 Å². The molecule has 2 unspecified atom stereocenters. The number of aliphatic hydroxyl groups excluding tert-OH is 4. The molecule has 2 saturated heterocycles. The Morgan fingerprint density at radius 1 is 0.361 bits per heavy atom. The van der Waals surface area contributed by atoms with E-state index in [1.54, 1.807) is 270 Å². The van der Waals surface area contributed by atoms with E-state index in [1.165, 1.54) is 21.3 Å². The average Bonchev–Trinajstić information content (AvgIpc) is 0.839. The second kappa shape index (κ2) is 51.2. The Bertz CT molecular complexity index is 4890. The van der Waals surface area contributed by atoms with E-state index in [9.17, 15) is 44.9 Å². The summed E-state index contributed by atoms with van der Waals surface area (Å²) in [6, 6.07) is 49.5. The van der Waals surface area contributed by atoms with Crippen molar-refractivity contribution in [1.29, 1.82) is 0 Å². The minimum Gasteiger partial charge on any atom is -0.493 e. The maximum Gasteiger partial charge on any atom is 0.653 e. The van der Waals surface area contributed by atoms with Crippen LogP contribution in [-0.2, 0) is 0 Å². The van der Waals surface area contributed by atoms with Crippen LogP contribution in [0.4, 0.5) is 0 Å². The fraction of sp³-hybridized carbons (Fsp3) is 0.304. The number of carbonyl (C=O) groups excluding carboxylic acids is 3. The number of para-hydroxylation sites is 6. The molecule has 0 saturated carbocycles. The molecule has 0 aliphatic carbocycles. The molecule has 0 radical (unpaired) electrons. The van der Waals surface area contributed by atoms with E-state index in [2.05, 4.69) is 25.6 Å². The van der Waals surface area contributed by atoms with Crippen LogP contribution >= 0.6 is 0 Å². The van der Waals surface area contributed by atoms with Gasteiger partial charge in [0.25, 0.3) is 0 Å². The predicted octanol–water partition coefficient (Wildman–Crippen LogP) is 11.1. The summed E-state index contributed by atoms with van der Waals surface area (Å²) < 4.78 is 66.5. The van der Waals surface area contributed by atoms with Crippen molar-refractivity contribution in [1.82, 2.24) is 25.6 Å². The molecule has 0 amide bonds. The highest BCUT2D eigenvalue weighted by Gasteiger charge is 2.30. The number of methoxy groups -OCH3 is 12. The lowest BCUT2D eigenvalue weighted by Gasteiger charge is -2.28. The van der Waals surface area contributed by atoms with Crippen LogP contribution in [-0.4, -0.2) is 189 Å². The van der Waals surface area contributed by atoms with Gasteiger partial charge in [-0.1, -0.05) is 60.7 Å². The quantitative estimate of drug-likeness (QED) is 0.0135. The summed E-state index contributed by atoms with van der Waals surface area (Å²) in [6.07, 6.45) is 18.5. The van der Waals surface area contributed by atoms with Gasteiger partial charge in [-0.15, -0.1) is 0 Å². The average molecular weight is 1670 g/mol. The van der Waals surface area contributed by atoms with Crippen molar-refractivity contribution < 1.29 is 111 Å². The number of nitrogens with one attached hydrogen (secondary N) is 2. The number of hydrogen-bond acceptors (Lipinski definition) is 26. The molecule has 8 N–H and O–H groups in total. The third kappa shape index (κ3) is 26.7. The summed E-state index contributed by atoms with van der Waals surface area (Å²) in [6.45, 7) is 7.18. The van der Waals surface area contributed by atoms with Crippen molar-refractivity contribution >= 4 is 32.0 Å². The summed E-state index contributed by atoms with van der Waals surface area (Å²) in [5.41, 5.74) is 7.07. The monoisotopic (exact) mass is 1670 g/mol. The molecule has 11 aromatic rings. The molecular formula is C92H111B2N7O21+2. The summed E-state index contributed by atoms with van der Waals surface area (Å²) in [5.74, 6) is 7.06. The summed E-state index contributed by atoms with van der Waals surface area (Å²) in [4.78, 5) is 46.4. The van der Waals surface area contributed by atoms with Crippen LogP contribution in [0.15, 0.2) is 232 Å². The van der Waals surface area contributed by atoms with Crippen molar-refractivity contribution in [2.45, 2.75) is 63.7 Å². The van der Waals surface area contributed by atoms with Crippen molar-refractivity contribution in [3.63, 3.8) is 0 Å². The number of aromatic nitrogens is 5. The molecule has 122 heavy (non-hydrogen) atoms. The molecule has 2 aliphatic heterocycles. The van der Waals surface area contributed by atoms with Crippen LogP contribution < -0.4 is 76.4 Å². The molecule has 0 bridgehead atoms. The van der Waals surface area contributed by atoms with E-state index in [1.807, 2.05) is 48.5 Å². The summed E-state index contributed by atoms with van der Waals surface area (Å²) in [7, 11) is 17.5. The van der Waals surface area contributed by atoms with Gasteiger partial charge in [0, 0.05) is 114 Å². The highest BCUT2D eigenvalue weighted by atomic mass is 16.5. The van der Waals surface area contributed by atoms with Crippen LogP contribution in [0.3, 0.4) is 0 Å². The molecular weight excluding hydrogens is 1560 g/mol. The van der Waals surface area contributed by atoms with Gasteiger partial charge < -0.3 is 98.0 Å². The summed E-state index contributed by atoms with van der Waals surface area (Å²) >= 11 is 0. The van der Waals surface area contributed by atoms with Gasteiger partial charge in [0.1, 0.15) is 43.3 Å². The van der Waals surface area contributed by atoms with E-state index in [0.29, 0.717) is 114 Å². The fourth-order valence-corrected chi connectivity index (χ4v) is 13.4. The largest absolute Gasteiger partial charge is 0.653 e. The molecule has 28 nitrogen and oxygen atoms in total. The first kappa shape index (κ1) is 96.6. The SMILES string of the molecule is COc1cccc(C(=O)c2cc[n+](B(C)O)cc2)c1OC.COc1cccc(C(=O)c2ccncc2)c1OC.COc1cccc(C(O)C2CCNCC2)c1OC.COc1cccc(C(O)c2ccncc2)c1OC.COc1cccc([C@H](O)C2CCNCC2)c1OC.COc1cccc([C@H](O)c2cc[n+](B(C)O)cc2)c1OC.O=Cc1ccncc1. The number of carbonyl (C=O) groups is 3. The Balaban J connectivity index is 0.000000198. The van der Waals surface area contributed by atoms with E-state index < -0.39 is 38.5 Å². The van der Waals surface area contributed by atoms with Crippen molar-refractivity contribution in [3.05, 3.63) is 293 Å². The maximum absolute atomic E-state index is 12.6. The van der Waals surface area contributed by atoms with Crippen molar-refractivity contribution in [2.75, 3.05) is 111 Å². The van der Waals surface area contributed by atoms with E-state index in [4.69, 9.17) is 56.8 Å². The van der Waals surface area contributed by atoms with Crippen molar-refractivity contribution in [3.8, 4) is 69.0 Å². The van der Waals surface area contributed by atoms with Gasteiger partial charge in [-0.05, 0) is 160 Å². The van der Waals surface area contributed by atoms with Crippen LogP contribution in [0.2, 0.25) is 13.6 Å². The Kier molecular flexibility index (Phi) is 40.5. The van der Waals surface area contributed by atoms with Gasteiger partial charge in [-0.2, -0.15) is 0 Å². The van der Waals surface area contributed by atoms with E-state index >= 15 is 0 Å². The Morgan fingerprint density at radius 2 is 0.631 bits per heavy atom. The zero-order valence-corrected chi connectivity index (χ0v) is 71.3. The van der Waals surface area contributed by atoms with Crippen LogP contribution in [0.5, 0.6) is 69.0 Å². The number of ether oxygens (including phenoxy) is 12. The van der Waals surface area contributed by atoms with Crippen LogP contribution in [0.25, 0.3) is 0 Å². The molecule has 6 aromatic carbocycles. The molecule has 5 aromatic heterocycles. The lowest BCUT2D eigenvalue weighted by Crippen LogP contribution is -2.48. The number of aldehydes is 1. The number of ketones is 2. The second-order valence-electron chi connectivity index (χ2n) is 27.2. The highest BCUT2D eigenvalue weighted by molar-refractivity contribution is 6.38. The van der Waals surface area contributed by atoms with Gasteiger partial charge >= 0.3 is 14.1 Å². The van der Waals surface area contributed by atoms with E-state index in [0.717, 1.165) is 74.8 Å². The van der Waals surface area contributed by atoms with Gasteiger partial charge in [0.2, 0.25) is 0 Å². The second-order valence-corrected chi connectivity index (χ2v) is 27.2. The number of benzene rings is 6. The van der Waals surface area contributed by atoms with Crippen LogP contribution in [0, 0.1) is 11.8 Å². The van der Waals surface area contributed by atoms with Crippen molar-refractivity contribution in [2.24, 2.45) is 11.8 Å². The molecule has 13 rings (SSSR count). The predicted molar refractivity (Wildman–Crippen MR) is 463 cm³/mol. The normalized spacial score (nSPS) is 13.0. The number of nitrogens with zero attached hydrogens (tertiary/aromatic N) is 5. The van der Waals surface area contributed by atoms with Gasteiger partial charge in [-0.3, -0.25) is 38.3 Å². The molecule has 2 fully saturated rings. The van der Waals surface area contributed by atoms with Gasteiger partial charge in [0.05, 0.1) is 109 Å². The Morgan fingerprint density at radius 3 is 0.934 bits per heavy atom. The zero-order chi connectivity index (χ0) is 88.5. The minimum atomic E-state index is -0.835. The first-order chi connectivity index (χ1) is 59.2. The number of rotatable bonds is 27. The van der Waals surface area contributed by atoms with Crippen LogP contribution in [0.1, 0.15) is 126 Å². The Hall–Kier alpha value is -12.5. The standard InChI is InChI=1S/C15H19BNO4.C15H17BNO4.2C14H21NO3.C14H15NO3.C14H13NO3.C6H5NO/c2*1-16(19)17-9-7-11(8-10-17)14(18)12-5-4-6-13(20-2)15(12)21-3;4*1-17-12-5-3-4-11(14(12)18-2)13(16)10-6-8-15-9-7-10;8-5-6-1-3-7-4-2-6/h4-10,14,18-19H,1-3H3;4-10,19H,1-3H3;2*3-5,10,13,15-16H,6-9H2,1-2H3;3-9,13,16H,1-2H3;3-9H,1-2H3;1-5H/q2*+1;;;;;/t14-;;13-;;;;/m1.1..../s1. The molecule has 7 heterocycles. The number of aliphatic hydroxyl groups is 4. The molecule has 0 spiro atoms. The fourth-order valence-electron chi connectivity index (χ4n) is 13.4. The van der Waals surface area contributed by atoms with E-state index in [-0.39, 0.29) is 23.4 Å². The number of hydrogen-bond donors (Lipinski definition) is 8. The lowest BCUT2D eigenvalue weighted by molar-refractivity contribution is -0.549. The first-order valence-electron chi connectivity index (χ1n) is 39.2.